The first-order valence-electron chi connectivity index (χ1n) is 5.57. The molecular formula is C11H14BrN5O. The molecule has 2 aromatic rings. The highest BCUT2D eigenvalue weighted by Gasteiger charge is 2.07. The zero-order valence-corrected chi connectivity index (χ0v) is 11.7. The average Bonchev–Trinajstić information content (AvgIpc) is 2.82. The summed E-state index contributed by atoms with van der Waals surface area (Å²) < 4.78 is 6.75. The van der Waals surface area contributed by atoms with Gasteiger partial charge in [0.05, 0.1) is 6.10 Å². The molecule has 1 heterocycles. The number of hydrogen-bond acceptors (Lipinski definition) is 5. The summed E-state index contributed by atoms with van der Waals surface area (Å²) in [5.41, 5.74) is 1.03. The van der Waals surface area contributed by atoms with Crippen LogP contribution in [0.1, 0.15) is 19.4 Å². The maximum Gasteiger partial charge on any atom is 0.263 e. The van der Waals surface area contributed by atoms with Gasteiger partial charge in [-0.2, -0.15) is 5.21 Å². The van der Waals surface area contributed by atoms with Crippen molar-refractivity contribution in [1.82, 2.24) is 20.6 Å². The van der Waals surface area contributed by atoms with Crippen LogP contribution in [0.15, 0.2) is 22.7 Å². The van der Waals surface area contributed by atoms with Gasteiger partial charge in [-0.25, -0.2) is 0 Å². The third-order valence-electron chi connectivity index (χ3n) is 2.17. The molecule has 0 bridgehead atoms. The van der Waals surface area contributed by atoms with Crippen LogP contribution in [0.5, 0.6) is 5.75 Å². The van der Waals surface area contributed by atoms with E-state index >= 15 is 0 Å². The number of rotatable bonds is 5. The molecule has 0 aliphatic heterocycles. The molecule has 6 nitrogen and oxygen atoms in total. The normalized spacial score (nSPS) is 10.7. The van der Waals surface area contributed by atoms with Gasteiger partial charge in [-0.3, -0.25) is 0 Å². The molecular weight excluding hydrogens is 298 g/mol. The molecule has 96 valence electrons. The summed E-state index contributed by atoms with van der Waals surface area (Å²) in [5.74, 6) is 1.31. The second-order valence-electron chi connectivity index (χ2n) is 4.01. The highest BCUT2D eigenvalue weighted by molar-refractivity contribution is 9.10. The quantitative estimate of drug-likeness (QED) is 0.886. The van der Waals surface area contributed by atoms with E-state index in [0.717, 1.165) is 15.8 Å². The third-order valence-corrected chi connectivity index (χ3v) is 2.66. The van der Waals surface area contributed by atoms with Crippen LogP contribution in [-0.4, -0.2) is 26.7 Å². The number of anilines is 1. The topological polar surface area (TPSA) is 75.7 Å². The second-order valence-corrected chi connectivity index (χ2v) is 4.92. The molecule has 0 amide bonds. The fourth-order valence-electron chi connectivity index (χ4n) is 1.47. The van der Waals surface area contributed by atoms with Crippen molar-refractivity contribution in [3.05, 3.63) is 28.2 Å². The average molecular weight is 312 g/mol. The number of nitrogens with zero attached hydrogens (tertiary/aromatic N) is 3. The minimum Gasteiger partial charge on any atom is -0.491 e. The van der Waals surface area contributed by atoms with Gasteiger partial charge < -0.3 is 10.1 Å². The lowest BCUT2D eigenvalue weighted by Gasteiger charge is -2.14. The van der Waals surface area contributed by atoms with E-state index < -0.39 is 0 Å². The minimum atomic E-state index is 0.134. The number of ether oxygens (including phenoxy) is 1. The molecule has 0 saturated carbocycles. The Morgan fingerprint density at radius 3 is 2.94 bits per heavy atom. The van der Waals surface area contributed by atoms with E-state index in [2.05, 4.69) is 41.9 Å². The Balaban J connectivity index is 2.11. The second kappa shape index (κ2) is 5.81. The fourth-order valence-corrected chi connectivity index (χ4v) is 1.87. The van der Waals surface area contributed by atoms with E-state index in [1.807, 2.05) is 32.0 Å². The number of benzene rings is 1. The van der Waals surface area contributed by atoms with Crippen molar-refractivity contribution in [3.8, 4) is 5.75 Å². The third kappa shape index (κ3) is 3.43. The Hall–Kier alpha value is -1.63. The van der Waals surface area contributed by atoms with Crippen LogP contribution >= 0.6 is 15.9 Å². The van der Waals surface area contributed by atoms with Gasteiger partial charge in [-0.1, -0.05) is 21.0 Å². The van der Waals surface area contributed by atoms with E-state index in [9.17, 15) is 0 Å². The van der Waals surface area contributed by atoms with Crippen LogP contribution in [0, 0.1) is 0 Å². The smallest absolute Gasteiger partial charge is 0.263 e. The van der Waals surface area contributed by atoms with Crippen molar-refractivity contribution in [1.29, 1.82) is 0 Å². The van der Waals surface area contributed by atoms with Crippen LogP contribution < -0.4 is 10.1 Å². The Morgan fingerprint density at radius 2 is 2.28 bits per heavy atom. The summed E-state index contributed by atoms with van der Waals surface area (Å²) in [7, 11) is 0. The molecule has 1 aromatic heterocycles. The number of tetrazole rings is 1. The van der Waals surface area contributed by atoms with E-state index in [1.165, 1.54) is 0 Å². The first kappa shape index (κ1) is 12.8. The van der Waals surface area contributed by atoms with Crippen LogP contribution in [0.2, 0.25) is 0 Å². The summed E-state index contributed by atoms with van der Waals surface area (Å²) in [5, 5.41) is 16.6. The van der Waals surface area contributed by atoms with E-state index in [-0.39, 0.29) is 6.10 Å². The number of H-pyrrole nitrogens is 1. The standard InChI is InChI=1S/C11H14BrN5O/c1-7(2)18-10-4-3-9(12)5-8(10)6-13-11-14-16-17-15-11/h3-5,7H,6H2,1-2H3,(H2,13,14,15,16,17). The first-order valence-corrected chi connectivity index (χ1v) is 6.37. The molecule has 18 heavy (non-hydrogen) atoms. The molecule has 2 rings (SSSR count). The lowest BCUT2D eigenvalue weighted by molar-refractivity contribution is 0.240. The number of hydrogen-bond donors (Lipinski definition) is 2. The van der Waals surface area contributed by atoms with Gasteiger partial charge in [0.25, 0.3) is 5.95 Å². The molecule has 2 N–H and O–H groups in total. The van der Waals surface area contributed by atoms with Crippen molar-refractivity contribution in [2.45, 2.75) is 26.5 Å². The van der Waals surface area contributed by atoms with Crippen molar-refractivity contribution in [2.24, 2.45) is 0 Å². The van der Waals surface area contributed by atoms with Gasteiger partial charge >= 0.3 is 0 Å². The van der Waals surface area contributed by atoms with Crippen molar-refractivity contribution >= 4 is 21.9 Å². The van der Waals surface area contributed by atoms with Gasteiger partial charge in [0.1, 0.15) is 5.75 Å². The van der Waals surface area contributed by atoms with Gasteiger partial charge in [-0.05, 0) is 37.3 Å². The largest absolute Gasteiger partial charge is 0.491 e. The monoisotopic (exact) mass is 311 g/mol. The molecule has 0 atom stereocenters. The lowest BCUT2D eigenvalue weighted by atomic mass is 10.2. The summed E-state index contributed by atoms with van der Waals surface area (Å²) in [6, 6.07) is 5.90. The highest BCUT2D eigenvalue weighted by Crippen LogP contribution is 2.24. The maximum atomic E-state index is 5.75. The highest BCUT2D eigenvalue weighted by atomic mass is 79.9. The van der Waals surface area contributed by atoms with Crippen molar-refractivity contribution < 1.29 is 4.74 Å². The summed E-state index contributed by atoms with van der Waals surface area (Å²) >= 11 is 3.45. The van der Waals surface area contributed by atoms with Gasteiger partial charge in [-0.15, -0.1) is 5.10 Å². The molecule has 0 aliphatic carbocycles. The maximum absolute atomic E-state index is 5.75. The van der Waals surface area contributed by atoms with E-state index in [4.69, 9.17) is 4.74 Å². The summed E-state index contributed by atoms with van der Waals surface area (Å²) in [4.78, 5) is 0. The summed E-state index contributed by atoms with van der Waals surface area (Å²) in [6.07, 6.45) is 0.134. The van der Waals surface area contributed by atoms with Crippen LogP contribution in [-0.2, 0) is 6.54 Å². The van der Waals surface area contributed by atoms with Gasteiger partial charge in [0, 0.05) is 16.6 Å². The van der Waals surface area contributed by atoms with Crippen LogP contribution in [0.3, 0.4) is 0 Å². The number of aromatic amines is 1. The van der Waals surface area contributed by atoms with Crippen LogP contribution in [0.25, 0.3) is 0 Å². The molecule has 0 fully saturated rings. The summed E-state index contributed by atoms with van der Waals surface area (Å²) in [6.45, 7) is 4.57. The zero-order chi connectivity index (χ0) is 13.0. The molecule has 0 radical (unpaired) electrons. The Bertz CT molecular complexity index is 500. The van der Waals surface area contributed by atoms with Crippen molar-refractivity contribution in [3.63, 3.8) is 0 Å². The van der Waals surface area contributed by atoms with Crippen LogP contribution in [0.4, 0.5) is 5.95 Å². The molecule has 0 spiro atoms. The zero-order valence-electron chi connectivity index (χ0n) is 10.1. The first-order chi connectivity index (χ1) is 8.65. The fraction of sp³-hybridized carbons (Fsp3) is 0.364. The van der Waals surface area contributed by atoms with Gasteiger partial charge in [0.2, 0.25) is 0 Å². The Labute approximate surface area is 113 Å². The molecule has 0 saturated heterocycles. The number of nitrogens with one attached hydrogen (secondary N) is 2. The molecule has 7 heteroatoms. The number of aromatic nitrogens is 4. The Morgan fingerprint density at radius 1 is 1.44 bits per heavy atom. The Kier molecular flexibility index (Phi) is 4.14. The van der Waals surface area contributed by atoms with E-state index in [1.54, 1.807) is 0 Å². The molecule has 0 unspecified atom stereocenters. The predicted molar refractivity (Wildman–Crippen MR) is 71.4 cm³/mol. The predicted octanol–water partition coefficient (Wildman–Crippen LogP) is 2.36. The SMILES string of the molecule is CC(C)Oc1ccc(Br)cc1CNc1nn[nH]n1. The number of halogens is 1. The van der Waals surface area contributed by atoms with Crippen molar-refractivity contribution in [2.75, 3.05) is 5.32 Å². The minimum absolute atomic E-state index is 0.134. The van der Waals surface area contributed by atoms with Gasteiger partial charge in [0.15, 0.2) is 0 Å². The van der Waals surface area contributed by atoms with E-state index in [0.29, 0.717) is 12.5 Å². The molecule has 1 aromatic carbocycles. The molecule has 0 aliphatic rings. The lowest BCUT2D eigenvalue weighted by Crippen LogP contribution is -2.09.